The Bertz CT molecular complexity index is 350. The van der Waals surface area contributed by atoms with Gasteiger partial charge in [0.25, 0.3) is 0 Å². The van der Waals surface area contributed by atoms with Crippen LogP contribution in [0.1, 0.15) is 25.0 Å². The van der Waals surface area contributed by atoms with E-state index < -0.39 is 0 Å². The molecule has 2 nitrogen and oxygen atoms in total. The standard InChI is InChI=1S/C14H23ClN2/c1-11(2)17(4)8-7-16-10-13-6-5-12(3)14(15)9-13/h5-6,9,11,16H,7-8,10H2,1-4H3. The minimum Gasteiger partial charge on any atom is -0.311 e. The van der Waals surface area contributed by atoms with Crippen molar-refractivity contribution in [2.75, 3.05) is 20.1 Å². The molecule has 0 unspecified atom stereocenters. The van der Waals surface area contributed by atoms with Crippen LogP contribution < -0.4 is 5.32 Å². The molecule has 0 bridgehead atoms. The maximum atomic E-state index is 6.08. The summed E-state index contributed by atoms with van der Waals surface area (Å²) in [6.45, 7) is 9.39. The van der Waals surface area contributed by atoms with Crippen LogP contribution in [0.5, 0.6) is 0 Å². The molecule has 0 atom stereocenters. The first-order valence-corrected chi connectivity index (χ1v) is 6.54. The lowest BCUT2D eigenvalue weighted by atomic mass is 10.1. The van der Waals surface area contributed by atoms with E-state index in [1.54, 1.807) is 0 Å². The van der Waals surface area contributed by atoms with Crippen molar-refractivity contribution in [3.63, 3.8) is 0 Å². The third-order valence-electron chi connectivity index (χ3n) is 3.09. The van der Waals surface area contributed by atoms with E-state index in [2.05, 4.69) is 43.2 Å². The lowest BCUT2D eigenvalue weighted by Gasteiger charge is -2.20. The van der Waals surface area contributed by atoms with E-state index in [1.807, 2.05) is 13.0 Å². The highest BCUT2D eigenvalue weighted by atomic mass is 35.5. The molecule has 1 aromatic carbocycles. The molecule has 0 saturated heterocycles. The number of rotatable bonds is 6. The molecule has 1 rings (SSSR count). The lowest BCUT2D eigenvalue weighted by molar-refractivity contribution is 0.273. The minimum atomic E-state index is 0.602. The average molecular weight is 255 g/mol. The van der Waals surface area contributed by atoms with Gasteiger partial charge in [-0.2, -0.15) is 0 Å². The lowest BCUT2D eigenvalue weighted by Crippen LogP contribution is -2.33. The van der Waals surface area contributed by atoms with Gasteiger partial charge in [0.05, 0.1) is 0 Å². The summed E-state index contributed by atoms with van der Waals surface area (Å²) in [7, 11) is 2.15. The molecule has 17 heavy (non-hydrogen) atoms. The number of hydrogen-bond donors (Lipinski definition) is 1. The highest BCUT2D eigenvalue weighted by molar-refractivity contribution is 6.31. The van der Waals surface area contributed by atoms with Gasteiger partial charge in [0.2, 0.25) is 0 Å². The molecule has 96 valence electrons. The van der Waals surface area contributed by atoms with E-state index in [1.165, 1.54) is 5.56 Å². The van der Waals surface area contributed by atoms with Crippen molar-refractivity contribution in [1.29, 1.82) is 0 Å². The van der Waals surface area contributed by atoms with Crippen molar-refractivity contribution in [3.8, 4) is 0 Å². The summed E-state index contributed by atoms with van der Waals surface area (Å²) in [5.41, 5.74) is 2.38. The van der Waals surface area contributed by atoms with E-state index >= 15 is 0 Å². The molecule has 0 fully saturated rings. The van der Waals surface area contributed by atoms with E-state index in [0.29, 0.717) is 6.04 Å². The quantitative estimate of drug-likeness (QED) is 0.785. The molecule has 0 amide bonds. The van der Waals surface area contributed by atoms with Crippen LogP contribution in [0.25, 0.3) is 0 Å². The first kappa shape index (κ1) is 14.5. The van der Waals surface area contributed by atoms with Crippen LogP contribution in [0.15, 0.2) is 18.2 Å². The second-order valence-corrected chi connectivity index (χ2v) is 5.24. The van der Waals surface area contributed by atoms with Gasteiger partial charge in [0, 0.05) is 30.7 Å². The Morgan fingerprint density at radius 3 is 2.65 bits per heavy atom. The Balaban J connectivity index is 2.29. The fourth-order valence-corrected chi connectivity index (χ4v) is 1.70. The molecule has 0 aliphatic carbocycles. The second-order valence-electron chi connectivity index (χ2n) is 4.83. The predicted octanol–water partition coefficient (Wildman–Crippen LogP) is 3.08. The van der Waals surface area contributed by atoms with Gasteiger partial charge in [-0.05, 0) is 45.0 Å². The largest absolute Gasteiger partial charge is 0.311 e. The monoisotopic (exact) mass is 254 g/mol. The zero-order valence-corrected chi connectivity index (χ0v) is 12.0. The van der Waals surface area contributed by atoms with Crippen LogP contribution in [0.4, 0.5) is 0 Å². The molecule has 0 spiro atoms. The van der Waals surface area contributed by atoms with Gasteiger partial charge in [-0.25, -0.2) is 0 Å². The zero-order chi connectivity index (χ0) is 12.8. The predicted molar refractivity (Wildman–Crippen MR) is 75.7 cm³/mol. The van der Waals surface area contributed by atoms with Crippen LogP contribution in [0.2, 0.25) is 5.02 Å². The fraction of sp³-hybridized carbons (Fsp3) is 0.571. The first-order valence-electron chi connectivity index (χ1n) is 6.16. The SMILES string of the molecule is Cc1ccc(CNCCN(C)C(C)C)cc1Cl. The van der Waals surface area contributed by atoms with Gasteiger partial charge in [0.15, 0.2) is 0 Å². The Labute approximate surface area is 110 Å². The zero-order valence-electron chi connectivity index (χ0n) is 11.3. The van der Waals surface area contributed by atoms with Gasteiger partial charge in [0.1, 0.15) is 0 Å². The summed E-state index contributed by atoms with van der Waals surface area (Å²) in [6.07, 6.45) is 0. The number of aryl methyl sites for hydroxylation is 1. The van der Waals surface area contributed by atoms with Crippen molar-refractivity contribution in [1.82, 2.24) is 10.2 Å². The number of likely N-dealkylation sites (N-methyl/N-ethyl adjacent to an activating group) is 1. The van der Waals surface area contributed by atoms with Crippen molar-refractivity contribution >= 4 is 11.6 Å². The van der Waals surface area contributed by atoms with Gasteiger partial charge in [-0.1, -0.05) is 23.7 Å². The molecule has 0 saturated carbocycles. The van der Waals surface area contributed by atoms with Crippen LogP contribution in [0.3, 0.4) is 0 Å². The Morgan fingerprint density at radius 2 is 2.06 bits per heavy atom. The Hall–Kier alpha value is -0.570. The molecule has 1 N–H and O–H groups in total. The summed E-state index contributed by atoms with van der Waals surface area (Å²) in [5.74, 6) is 0. The first-order chi connectivity index (χ1) is 8.00. The molecule has 0 radical (unpaired) electrons. The Morgan fingerprint density at radius 1 is 1.35 bits per heavy atom. The molecule has 1 aromatic rings. The minimum absolute atomic E-state index is 0.602. The summed E-state index contributed by atoms with van der Waals surface area (Å²) in [6, 6.07) is 6.83. The summed E-state index contributed by atoms with van der Waals surface area (Å²) in [4.78, 5) is 2.33. The third kappa shape index (κ3) is 5.07. The van der Waals surface area contributed by atoms with E-state index in [-0.39, 0.29) is 0 Å². The molecule has 0 aliphatic rings. The molecular formula is C14H23ClN2. The molecule has 0 aromatic heterocycles. The molecule has 3 heteroatoms. The van der Waals surface area contributed by atoms with Crippen molar-refractivity contribution in [2.45, 2.75) is 33.4 Å². The van der Waals surface area contributed by atoms with Crippen molar-refractivity contribution in [2.24, 2.45) is 0 Å². The van der Waals surface area contributed by atoms with E-state index in [4.69, 9.17) is 11.6 Å². The maximum Gasteiger partial charge on any atom is 0.0438 e. The van der Waals surface area contributed by atoms with Gasteiger partial charge < -0.3 is 10.2 Å². The Kier molecular flexibility index (Phi) is 5.96. The van der Waals surface area contributed by atoms with Crippen LogP contribution in [-0.4, -0.2) is 31.1 Å². The molecule has 0 aliphatic heterocycles. The van der Waals surface area contributed by atoms with Gasteiger partial charge >= 0.3 is 0 Å². The van der Waals surface area contributed by atoms with E-state index in [9.17, 15) is 0 Å². The maximum absolute atomic E-state index is 6.08. The number of benzene rings is 1. The number of nitrogens with one attached hydrogen (secondary N) is 1. The summed E-state index contributed by atoms with van der Waals surface area (Å²) in [5, 5.41) is 4.28. The fourth-order valence-electron chi connectivity index (χ4n) is 1.49. The molecule has 0 heterocycles. The number of hydrogen-bond acceptors (Lipinski definition) is 2. The summed E-state index contributed by atoms with van der Waals surface area (Å²) >= 11 is 6.08. The van der Waals surface area contributed by atoms with Gasteiger partial charge in [-0.3, -0.25) is 0 Å². The third-order valence-corrected chi connectivity index (χ3v) is 3.50. The average Bonchev–Trinajstić information content (AvgIpc) is 2.28. The number of nitrogens with zero attached hydrogens (tertiary/aromatic N) is 1. The highest BCUT2D eigenvalue weighted by Crippen LogP contribution is 2.16. The summed E-state index contributed by atoms with van der Waals surface area (Å²) < 4.78 is 0. The van der Waals surface area contributed by atoms with Crippen molar-refractivity contribution < 1.29 is 0 Å². The van der Waals surface area contributed by atoms with Crippen LogP contribution in [-0.2, 0) is 6.54 Å². The van der Waals surface area contributed by atoms with Crippen molar-refractivity contribution in [3.05, 3.63) is 34.3 Å². The van der Waals surface area contributed by atoms with Gasteiger partial charge in [-0.15, -0.1) is 0 Å². The topological polar surface area (TPSA) is 15.3 Å². The van der Waals surface area contributed by atoms with Crippen LogP contribution in [0, 0.1) is 6.92 Å². The van der Waals surface area contributed by atoms with Crippen LogP contribution >= 0.6 is 11.6 Å². The highest BCUT2D eigenvalue weighted by Gasteiger charge is 2.02. The molecular weight excluding hydrogens is 232 g/mol. The normalized spacial score (nSPS) is 11.5. The van der Waals surface area contributed by atoms with E-state index in [0.717, 1.165) is 30.2 Å². The number of halogens is 1. The smallest absolute Gasteiger partial charge is 0.0438 e. The second kappa shape index (κ2) is 7.00.